The first kappa shape index (κ1) is 25.2. The molecular weight excluding hydrogens is 579 g/mol. The van der Waals surface area contributed by atoms with E-state index < -0.39 is 0 Å². The number of rotatable bonds is 2. The standard InChI is InChI=1S/C34H30N2S2Se/c1-33(2,3)21-11-7-19(8-12-21)31-35-25-17-29-23(15-27(25)37-31)24-16-28-26(18-30(24)39-29)36-32(38-28)20-9-13-22(14-10-20)34(4,5)6/h7-18H,1-6H3. The second kappa shape index (κ2) is 8.84. The van der Waals surface area contributed by atoms with Gasteiger partial charge < -0.3 is 0 Å². The molecule has 0 atom stereocenters. The van der Waals surface area contributed by atoms with E-state index in [-0.39, 0.29) is 25.3 Å². The van der Waals surface area contributed by atoms with E-state index in [0.29, 0.717) is 0 Å². The van der Waals surface area contributed by atoms with Crippen LogP contribution in [0.4, 0.5) is 0 Å². The van der Waals surface area contributed by atoms with E-state index in [2.05, 4.69) is 114 Å². The molecule has 0 N–H and O–H groups in total. The van der Waals surface area contributed by atoms with Gasteiger partial charge in [-0.15, -0.1) is 0 Å². The van der Waals surface area contributed by atoms with Crippen molar-refractivity contribution < 1.29 is 0 Å². The third-order valence-electron chi connectivity index (χ3n) is 7.49. The van der Waals surface area contributed by atoms with Crippen molar-refractivity contribution in [1.82, 2.24) is 9.97 Å². The maximum absolute atomic E-state index is 5.04. The zero-order valence-corrected chi connectivity index (χ0v) is 26.4. The van der Waals surface area contributed by atoms with Crippen LogP contribution in [0, 0.1) is 0 Å². The molecule has 0 amide bonds. The van der Waals surface area contributed by atoms with Crippen molar-refractivity contribution >= 4 is 76.9 Å². The second-order valence-electron chi connectivity index (χ2n) is 12.4. The van der Waals surface area contributed by atoms with E-state index in [9.17, 15) is 0 Å². The Balaban J connectivity index is 1.28. The quantitative estimate of drug-likeness (QED) is 0.182. The normalized spacial score (nSPS) is 12.9. The first-order valence-electron chi connectivity index (χ1n) is 13.3. The van der Waals surface area contributed by atoms with Gasteiger partial charge in [-0.3, -0.25) is 0 Å². The predicted octanol–water partition coefficient (Wildman–Crippen LogP) is 10.2. The molecule has 0 spiro atoms. The van der Waals surface area contributed by atoms with Gasteiger partial charge >= 0.3 is 244 Å². The number of hydrogen-bond donors (Lipinski definition) is 0. The molecule has 0 bridgehead atoms. The summed E-state index contributed by atoms with van der Waals surface area (Å²) in [6.07, 6.45) is 0. The van der Waals surface area contributed by atoms with Crippen LogP contribution >= 0.6 is 22.7 Å². The summed E-state index contributed by atoms with van der Waals surface area (Å²) < 4.78 is 5.38. The van der Waals surface area contributed by atoms with Gasteiger partial charge in [0.2, 0.25) is 0 Å². The third-order valence-corrected chi connectivity index (χ3v) is 12.0. The maximum atomic E-state index is 5.04. The Bertz CT molecular complexity index is 1860. The Morgan fingerprint density at radius 3 is 1.28 bits per heavy atom. The van der Waals surface area contributed by atoms with Gasteiger partial charge in [0.05, 0.1) is 0 Å². The van der Waals surface area contributed by atoms with Crippen LogP contribution in [0.2, 0.25) is 0 Å². The number of fused-ring (bicyclic) bond motifs is 5. The van der Waals surface area contributed by atoms with Gasteiger partial charge in [0.25, 0.3) is 0 Å². The summed E-state index contributed by atoms with van der Waals surface area (Å²) >= 11 is 3.86. The van der Waals surface area contributed by atoms with Gasteiger partial charge in [-0.1, -0.05) is 0 Å². The van der Waals surface area contributed by atoms with Crippen LogP contribution in [0.1, 0.15) is 52.7 Å². The number of hydrogen-bond acceptors (Lipinski definition) is 4. The molecular formula is C34H30N2S2Se. The SMILES string of the molecule is CC(C)(C)c1ccc(-c2nc3cc4[se]c5cc6nc(-c7ccc(C(C)(C)C)cc7)sc6cc5c4cc3s2)cc1. The predicted molar refractivity (Wildman–Crippen MR) is 173 cm³/mol. The molecule has 7 aromatic rings. The molecule has 0 saturated heterocycles. The number of nitrogens with zero attached hydrogens (tertiary/aromatic N) is 2. The summed E-state index contributed by atoms with van der Waals surface area (Å²) in [5.41, 5.74) is 7.64. The molecule has 0 aliphatic heterocycles. The molecule has 0 radical (unpaired) electrons. The van der Waals surface area contributed by atoms with E-state index in [0.717, 1.165) is 21.0 Å². The average Bonchev–Trinajstić information content (AvgIpc) is 3.59. The molecule has 5 heteroatoms. The Hall–Kier alpha value is -2.82. The molecule has 4 aromatic carbocycles. The molecule has 194 valence electrons. The van der Waals surface area contributed by atoms with Crippen LogP contribution in [-0.2, 0) is 10.8 Å². The number of thiazole rings is 2. The van der Waals surface area contributed by atoms with E-state index in [1.807, 2.05) is 0 Å². The summed E-state index contributed by atoms with van der Waals surface area (Å²) in [4.78, 5) is 10.1. The van der Waals surface area contributed by atoms with Gasteiger partial charge in [-0.2, -0.15) is 0 Å². The second-order valence-corrected chi connectivity index (χ2v) is 16.8. The van der Waals surface area contributed by atoms with E-state index in [1.54, 1.807) is 22.7 Å². The molecule has 0 fully saturated rings. The van der Waals surface area contributed by atoms with Crippen molar-refractivity contribution in [3.63, 3.8) is 0 Å². The van der Waals surface area contributed by atoms with Crippen LogP contribution in [0.25, 0.3) is 60.9 Å². The van der Waals surface area contributed by atoms with E-state index in [4.69, 9.17) is 9.97 Å². The number of benzene rings is 4. The first-order chi connectivity index (χ1) is 18.5. The van der Waals surface area contributed by atoms with E-state index >= 15 is 0 Å². The summed E-state index contributed by atoms with van der Waals surface area (Å²) in [7, 11) is 0. The van der Waals surface area contributed by atoms with Gasteiger partial charge in [-0.05, 0) is 0 Å². The van der Waals surface area contributed by atoms with Crippen molar-refractivity contribution in [2.45, 2.75) is 52.4 Å². The average molecular weight is 610 g/mol. The van der Waals surface area contributed by atoms with Gasteiger partial charge in [0, 0.05) is 0 Å². The third kappa shape index (κ3) is 4.46. The summed E-state index contributed by atoms with van der Waals surface area (Å²) in [6, 6.07) is 27.3. The Morgan fingerprint density at radius 1 is 0.538 bits per heavy atom. The zero-order chi connectivity index (χ0) is 27.1. The Morgan fingerprint density at radius 2 is 0.923 bits per heavy atom. The van der Waals surface area contributed by atoms with Gasteiger partial charge in [0.15, 0.2) is 0 Å². The fraction of sp³-hybridized carbons (Fsp3) is 0.235. The van der Waals surface area contributed by atoms with Crippen LogP contribution in [0.5, 0.6) is 0 Å². The summed E-state index contributed by atoms with van der Waals surface area (Å²) in [5.74, 6) is 0. The molecule has 3 heterocycles. The molecule has 39 heavy (non-hydrogen) atoms. The zero-order valence-electron chi connectivity index (χ0n) is 23.0. The molecule has 0 aliphatic carbocycles. The summed E-state index contributed by atoms with van der Waals surface area (Å²) in [6.45, 7) is 13.5. The topological polar surface area (TPSA) is 25.8 Å². The van der Waals surface area contributed by atoms with Crippen molar-refractivity contribution in [3.8, 4) is 21.1 Å². The van der Waals surface area contributed by atoms with Crippen LogP contribution in [-0.4, -0.2) is 24.5 Å². The summed E-state index contributed by atoms with van der Waals surface area (Å²) in [5, 5.41) is 4.95. The van der Waals surface area contributed by atoms with E-state index in [1.165, 1.54) is 50.9 Å². The van der Waals surface area contributed by atoms with Gasteiger partial charge in [-0.25, -0.2) is 0 Å². The molecule has 2 nitrogen and oxygen atoms in total. The molecule has 3 aromatic heterocycles. The van der Waals surface area contributed by atoms with Crippen molar-refractivity contribution in [3.05, 3.63) is 83.9 Å². The monoisotopic (exact) mass is 610 g/mol. The molecule has 7 rings (SSSR count). The van der Waals surface area contributed by atoms with Crippen molar-refractivity contribution in [2.24, 2.45) is 0 Å². The van der Waals surface area contributed by atoms with Crippen LogP contribution in [0.15, 0.2) is 72.8 Å². The van der Waals surface area contributed by atoms with Crippen molar-refractivity contribution in [2.75, 3.05) is 0 Å². The first-order valence-corrected chi connectivity index (χ1v) is 16.7. The molecule has 0 saturated carbocycles. The Kier molecular flexibility index (Phi) is 5.71. The fourth-order valence-corrected chi connectivity index (χ4v) is 9.46. The Labute approximate surface area is 243 Å². The van der Waals surface area contributed by atoms with Crippen LogP contribution < -0.4 is 0 Å². The molecule has 0 unspecified atom stereocenters. The molecule has 0 aliphatic rings. The minimum atomic E-state index is 0.156. The van der Waals surface area contributed by atoms with Gasteiger partial charge in [0.1, 0.15) is 0 Å². The van der Waals surface area contributed by atoms with Crippen LogP contribution in [0.3, 0.4) is 0 Å². The fourth-order valence-electron chi connectivity index (χ4n) is 5.09. The number of aromatic nitrogens is 2. The van der Waals surface area contributed by atoms with Crippen molar-refractivity contribution in [1.29, 1.82) is 0 Å². The minimum absolute atomic E-state index is 0.156.